The van der Waals surface area contributed by atoms with Gasteiger partial charge in [0, 0.05) is 38.3 Å². The van der Waals surface area contributed by atoms with Gasteiger partial charge >= 0.3 is 0 Å². The summed E-state index contributed by atoms with van der Waals surface area (Å²) in [6.07, 6.45) is 9.19. The van der Waals surface area contributed by atoms with Crippen molar-refractivity contribution in [3.63, 3.8) is 0 Å². The lowest BCUT2D eigenvalue weighted by Crippen LogP contribution is -2.58. The molecule has 0 bridgehead atoms. The topological polar surface area (TPSA) is 26.7 Å². The predicted octanol–water partition coefficient (Wildman–Crippen LogP) is 2.49. The van der Waals surface area contributed by atoms with Crippen LogP contribution in [-0.4, -0.2) is 59.3 Å². The van der Waals surface area contributed by atoms with Crippen molar-refractivity contribution in [1.29, 1.82) is 0 Å². The van der Waals surface area contributed by atoms with E-state index < -0.39 is 0 Å². The van der Waals surface area contributed by atoms with Gasteiger partial charge < -0.3 is 5.11 Å². The third-order valence-electron chi connectivity index (χ3n) is 6.15. The number of hydrogen-bond acceptors (Lipinski definition) is 3. The van der Waals surface area contributed by atoms with Crippen LogP contribution in [0.5, 0.6) is 0 Å². The molecule has 3 nitrogen and oxygen atoms in total. The standard InChI is InChI=1S/C17H32N2O/c1-17(2)9-5-8-15(16(17)20)19-12-10-18(11-13-19)14-6-3-4-7-14/h14-16,20H,3-13H2,1-2H3. The van der Waals surface area contributed by atoms with Crippen molar-refractivity contribution in [2.24, 2.45) is 5.41 Å². The Kier molecular flexibility index (Phi) is 4.40. The number of hydrogen-bond donors (Lipinski definition) is 1. The lowest BCUT2D eigenvalue weighted by Gasteiger charge is -2.48. The molecule has 3 rings (SSSR count). The van der Waals surface area contributed by atoms with Gasteiger partial charge in [0.25, 0.3) is 0 Å². The van der Waals surface area contributed by atoms with Crippen molar-refractivity contribution in [3.8, 4) is 0 Å². The summed E-state index contributed by atoms with van der Waals surface area (Å²) in [5.41, 5.74) is 0.103. The maximum Gasteiger partial charge on any atom is 0.0746 e. The van der Waals surface area contributed by atoms with Crippen LogP contribution in [0.1, 0.15) is 58.8 Å². The van der Waals surface area contributed by atoms with Gasteiger partial charge in [-0.25, -0.2) is 0 Å². The molecule has 3 fully saturated rings. The molecule has 0 aromatic heterocycles. The van der Waals surface area contributed by atoms with E-state index in [0.717, 1.165) is 19.1 Å². The summed E-state index contributed by atoms with van der Waals surface area (Å²) in [6.45, 7) is 9.22. The molecule has 116 valence electrons. The molecule has 2 saturated carbocycles. The van der Waals surface area contributed by atoms with Crippen LogP contribution in [0.3, 0.4) is 0 Å². The molecule has 0 aromatic rings. The number of aliphatic hydroxyl groups is 1. The van der Waals surface area contributed by atoms with Crippen LogP contribution < -0.4 is 0 Å². The van der Waals surface area contributed by atoms with Crippen molar-refractivity contribution in [2.75, 3.05) is 26.2 Å². The maximum absolute atomic E-state index is 10.7. The molecule has 0 radical (unpaired) electrons. The first-order chi connectivity index (χ1) is 9.58. The van der Waals surface area contributed by atoms with Crippen LogP contribution in [0.15, 0.2) is 0 Å². The van der Waals surface area contributed by atoms with E-state index >= 15 is 0 Å². The first-order valence-corrected chi connectivity index (χ1v) is 8.74. The number of aliphatic hydroxyl groups excluding tert-OH is 1. The smallest absolute Gasteiger partial charge is 0.0746 e. The van der Waals surface area contributed by atoms with Gasteiger partial charge in [0.1, 0.15) is 0 Å². The average molecular weight is 280 g/mol. The summed E-state index contributed by atoms with van der Waals surface area (Å²) in [5.74, 6) is 0. The first kappa shape index (κ1) is 14.8. The Labute approximate surface area is 124 Å². The van der Waals surface area contributed by atoms with E-state index in [-0.39, 0.29) is 11.5 Å². The summed E-state index contributed by atoms with van der Waals surface area (Å²) in [4.78, 5) is 5.29. The zero-order chi connectivity index (χ0) is 14.2. The van der Waals surface area contributed by atoms with Crippen LogP contribution in [0.4, 0.5) is 0 Å². The Balaban J connectivity index is 1.54. The molecule has 1 N–H and O–H groups in total. The number of rotatable bonds is 2. The Morgan fingerprint density at radius 3 is 2.10 bits per heavy atom. The maximum atomic E-state index is 10.7. The minimum atomic E-state index is -0.144. The van der Waals surface area contributed by atoms with Gasteiger partial charge in [-0.05, 0) is 31.1 Å². The molecule has 2 aliphatic carbocycles. The van der Waals surface area contributed by atoms with Crippen molar-refractivity contribution in [3.05, 3.63) is 0 Å². The zero-order valence-electron chi connectivity index (χ0n) is 13.4. The molecule has 1 aliphatic heterocycles. The lowest BCUT2D eigenvalue weighted by atomic mass is 9.72. The van der Waals surface area contributed by atoms with E-state index in [1.807, 2.05) is 0 Å². The first-order valence-electron chi connectivity index (χ1n) is 8.74. The highest BCUT2D eigenvalue weighted by molar-refractivity contribution is 4.95. The van der Waals surface area contributed by atoms with E-state index in [2.05, 4.69) is 23.6 Å². The van der Waals surface area contributed by atoms with Gasteiger partial charge in [0.15, 0.2) is 0 Å². The fraction of sp³-hybridized carbons (Fsp3) is 1.00. The van der Waals surface area contributed by atoms with Crippen LogP contribution in [0, 0.1) is 5.41 Å². The normalized spacial score (nSPS) is 37.4. The minimum absolute atomic E-state index is 0.103. The molecule has 2 unspecified atom stereocenters. The second kappa shape index (κ2) is 5.94. The molecular formula is C17H32N2O. The molecule has 0 spiro atoms. The molecule has 0 amide bonds. The summed E-state index contributed by atoms with van der Waals surface area (Å²) in [7, 11) is 0. The highest BCUT2D eigenvalue weighted by atomic mass is 16.3. The minimum Gasteiger partial charge on any atom is -0.391 e. The van der Waals surface area contributed by atoms with Crippen molar-refractivity contribution < 1.29 is 5.11 Å². The van der Waals surface area contributed by atoms with Gasteiger partial charge in [-0.1, -0.05) is 33.1 Å². The molecule has 3 heteroatoms. The van der Waals surface area contributed by atoms with Crippen LogP contribution in [0.25, 0.3) is 0 Å². The second-order valence-corrected chi connectivity index (χ2v) is 7.90. The van der Waals surface area contributed by atoms with Crippen LogP contribution >= 0.6 is 0 Å². The van der Waals surface area contributed by atoms with Gasteiger partial charge in [-0.15, -0.1) is 0 Å². The van der Waals surface area contributed by atoms with E-state index in [4.69, 9.17) is 0 Å². The fourth-order valence-electron chi connectivity index (χ4n) is 4.68. The van der Waals surface area contributed by atoms with Crippen molar-refractivity contribution in [1.82, 2.24) is 9.80 Å². The zero-order valence-corrected chi connectivity index (χ0v) is 13.4. The average Bonchev–Trinajstić information content (AvgIpc) is 2.96. The Bertz CT molecular complexity index is 317. The molecular weight excluding hydrogens is 248 g/mol. The van der Waals surface area contributed by atoms with Gasteiger partial charge in [-0.3, -0.25) is 9.80 Å². The number of piperazine rings is 1. The van der Waals surface area contributed by atoms with Crippen LogP contribution in [-0.2, 0) is 0 Å². The molecule has 1 saturated heterocycles. The fourth-order valence-corrected chi connectivity index (χ4v) is 4.68. The van der Waals surface area contributed by atoms with Crippen molar-refractivity contribution in [2.45, 2.75) is 77.0 Å². The highest BCUT2D eigenvalue weighted by Crippen LogP contribution is 2.38. The van der Waals surface area contributed by atoms with E-state index in [0.29, 0.717) is 6.04 Å². The second-order valence-electron chi connectivity index (χ2n) is 7.90. The predicted molar refractivity (Wildman–Crippen MR) is 82.8 cm³/mol. The molecule has 1 heterocycles. The SMILES string of the molecule is CC1(C)CCCC(N2CCN(C3CCCC3)CC2)C1O. The van der Waals surface area contributed by atoms with E-state index in [9.17, 15) is 5.11 Å². The third-order valence-corrected chi connectivity index (χ3v) is 6.15. The summed E-state index contributed by atoms with van der Waals surface area (Å²) < 4.78 is 0. The Morgan fingerprint density at radius 2 is 1.45 bits per heavy atom. The van der Waals surface area contributed by atoms with Gasteiger partial charge in [0.2, 0.25) is 0 Å². The molecule has 2 atom stereocenters. The third kappa shape index (κ3) is 2.90. The molecule has 20 heavy (non-hydrogen) atoms. The van der Waals surface area contributed by atoms with Gasteiger partial charge in [-0.2, -0.15) is 0 Å². The highest BCUT2D eigenvalue weighted by Gasteiger charge is 2.41. The Hall–Kier alpha value is -0.120. The van der Waals surface area contributed by atoms with Gasteiger partial charge in [0.05, 0.1) is 6.10 Å². The number of nitrogens with zero attached hydrogens (tertiary/aromatic N) is 2. The van der Waals surface area contributed by atoms with Crippen LogP contribution in [0.2, 0.25) is 0 Å². The van der Waals surface area contributed by atoms with E-state index in [1.165, 1.54) is 58.0 Å². The molecule has 0 aromatic carbocycles. The van der Waals surface area contributed by atoms with E-state index in [1.54, 1.807) is 0 Å². The lowest BCUT2D eigenvalue weighted by molar-refractivity contribution is -0.0700. The summed E-state index contributed by atoms with van der Waals surface area (Å²) >= 11 is 0. The largest absolute Gasteiger partial charge is 0.391 e. The summed E-state index contributed by atoms with van der Waals surface area (Å²) in [5, 5.41) is 10.7. The molecule has 3 aliphatic rings. The summed E-state index contributed by atoms with van der Waals surface area (Å²) in [6, 6.07) is 1.27. The monoisotopic (exact) mass is 280 g/mol. The quantitative estimate of drug-likeness (QED) is 0.842. The van der Waals surface area contributed by atoms with Crippen molar-refractivity contribution >= 4 is 0 Å². The Morgan fingerprint density at radius 1 is 0.850 bits per heavy atom.